The normalized spacial score (nSPS) is 11.5. The fourth-order valence-electron chi connectivity index (χ4n) is 1.95. The first-order chi connectivity index (χ1) is 11.4. The Morgan fingerprint density at radius 2 is 1.92 bits per heavy atom. The van der Waals surface area contributed by atoms with Crippen molar-refractivity contribution in [3.63, 3.8) is 0 Å². The van der Waals surface area contributed by atoms with E-state index in [4.69, 9.17) is 21.1 Å². The molecule has 1 amide bonds. The van der Waals surface area contributed by atoms with Crippen LogP contribution in [0.15, 0.2) is 42.5 Å². The van der Waals surface area contributed by atoms with Gasteiger partial charge in [0.25, 0.3) is 5.91 Å². The minimum absolute atomic E-state index is 0.312. The SMILES string of the molecule is COc1cccc(C(=O)O[C@H](C)C(=O)Nc2ccc(C)c(Cl)c2)c1. The number of hydrogen-bond donors (Lipinski definition) is 1. The number of methoxy groups -OCH3 is 1. The molecule has 0 aliphatic carbocycles. The van der Waals surface area contributed by atoms with Crippen molar-refractivity contribution in [1.29, 1.82) is 0 Å². The number of nitrogens with one attached hydrogen (secondary N) is 1. The molecule has 0 unspecified atom stereocenters. The third-order valence-corrected chi connectivity index (χ3v) is 3.81. The van der Waals surface area contributed by atoms with Crippen LogP contribution >= 0.6 is 11.6 Å². The molecule has 0 saturated heterocycles. The van der Waals surface area contributed by atoms with E-state index in [0.717, 1.165) is 5.56 Å². The van der Waals surface area contributed by atoms with E-state index in [-0.39, 0.29) is 0 Å². The van der Waals surface area contributed by atoms with Gasteiger partial charge >= 0.3 is 5.97 Å². The van der Waals surface area contributed by atoms with Gasteiger partial charge in [-0.3, -0.25) is 4.79 Å². The summed E-state index contributed by atoms with van der Waals surface area (Å²) >= 11 is 6.02. The highest BCUT2D eigenvalue weighted by atomic mass is 35.5. The number of halogens is 1. The van der Waals surface area contributed by atoms with Crippen LogP contribution in [-0.2, 0) is 9.53 Å². The number of benzene rings is 2. The topological polar surface area (TPSA) is 64.6 Å². The summed E-state index contributed by atoms with van der Waals surface area (Å²) < 4.78 is 10.2. The average molecular weight is 348 g/mol. The Hall–Kier alpha value is -2.53. The molecule has 0 bridgehead atoms. The predicted octanol–water partition coefficient (Wildman–Crippen LogP) is 3.84. The van der Waals surface area contributed by atoms with Crippen LogP contribution in [0, 0.1) is 6.92 Å². The number of hydrogen-bond acceptors (Lipinski definition) is 4. The lowest BCUT2D eigenvalue weighted by atomic mass is 10.2. The van der Waals surface area contributed by atoms with Gasteiger partial charge in [0.2, 0.25) is 0 Å². The molecule has 0 aromatic heterocycles. The molecule has 0 radical (unpaired) electrons. The standard InChI is InChI=1S/C18H18ClNO4/c1-11-7-8-14(10-16(11)19)20-17(21)12(2)24-18(22)13-5-4-6-15(9-13)23-3/h4-10,12H,1-3H3,(H,20,21)/t12-/m1/s1. The fraction of sp³-hybridized carbons (Fsp3) is 0.222. The van der Waals surface area contributed by atoms with E-state index in [1.807, 2.05) is 6.92 Å². The summed E-state index contributed by atoms with van der Waals surface area (Å²) in [4.78, 5) is 24.2. The monoisotopic (exact) mass is 347 g/mol. The number of anilines is 1. The third kappa shape index (κ3) is 4.49. The molecule has 2 rings (SSSR count). The summed E-state index contributed by atoms with van der Waals surface area (Å²) in [6, 6.07) is 11.7. The maximum atomic E-state index is 12.1. The minimum Gasteiger partial charge on any atom is -0.497 e. The first-order valence-electron chi connectivity index (χ1n) is 7.32. The zero-order chi connectivity index (χ0) is 17.7. The summed E-state index contributed by atoms with van der Waals surface area (Å²) in [6.07, 6.45) is -0.955. The van der Waals surface area contributed by atoms with Gasteiger partial charge in [0.1, 0.15) is 5.75 Å². The van der Waals surface area contributed by atoms with E-state index >= 15 is 0 Å². The van der Waals surface area contributed by atoms with Crippen molar-refractivity contribution in [3.8, 4) is 5.75 Å². The minimum atomic E-state index is -0.955. The quantitative estimate of drug-likeness (QED) is 0.834. The Balaban J connectivity index is 1.99. The van der Waals surface area contributed by atoms with E-state index < -0.39 is 18.0 Å². The summed E-state index contributed by atoms with van der Waals surface area (Å²) in [6.45, 7) is 3.37. The number of esters is 1. The predicted molar refractivity (Wildman–Crippen MR) is 92.7 cm³/mol. The second-order valence-corrected chi connectivity index (χ2v) is 5.64. The van der Waals surface area contributed by atoms with Crippen LogP contribution in [0.1, 0.15) is 22.8 Å². The van der Waals surface area contributed by atoms with Gasteiger partial charge in [0, 0.05) is 10.7 Å². The van der Waals surface area contributed by atoms with Gasteiger partial charge in [-0.15, -0.1) is 0 Å². The number of rotatable bonds is 5. The van der Waals surface area contributed by atoms with E-state index in [0.29, 0.717) is 22.0 Å². The molecule has 2 aromatic rings. The molecule has 2 aromatic carbocycles. The molecular formula is C18H18ClNO4. The number of amides is 1. The largest absolute Gasteiger partial charge is 0.497 e. The van der Waals surface area contributed by atoms with Crippen LogP contribution in [-0.4, -0.2) is 25.1 Å². The molecule has 0 aliphatic heterocycles. The lowest BCUT2D eigenvalue weighted by Crippen LogP contribution is -2.30. The van der Waals surface area contributed by atoms with E-state index in [9.17, 15) is 9.59 Å². The van der Waals surface area contributed by atoms with Crippen molar-refractivity contribution < 1.29 is 19.1 Å². The summed E-state index contributed by atoms with van der Waals surface area (Å²) in [5.74, 6) is -0.500. The Kier molecular flexibility index (Phi) is 5.82. The van der Waals surface area contributed by atoms with Gasteiger partial charge < -0.3 is 14.8 Å². The third-order valence-electron chi connectivity index (χ3n) is 3.40. The number of aryl methyl sites for hydroxylation is 1. The second-order valence-electron chi connectivity index (χ2n) is 5.23. The highest BCUT2D eigenvalue weighted by Gasteiger charge is 2.19. The fourth-order valence-corrected chi connectivity index (χ4v) is 2.13. The van der Waals surface area contributed by atoms with Crippen molar-refractivity contribution in [3.05, 3.63) is 58.6 Å². The Bertz CT molecular complexity index is 760. The number of ether oxygens (including phenoxy) is 2. The van der Waals surface area contributed by atoms with Gasteiger partial charge in [-0.1, -0.05) is 23.7 Å². The highest BCUT2D eigenvalue weighted by Crippen LogP contribution is 2.20. The van der Waals surface area contributed by atoms with E-state index in [1.54, 1.807) is 42.5 Å². The molecule has 5 nitrogen and oxygen atoms in total. The van der Waals surface area contributed by atoms with Gasteiger partial charge in [-0.25, -0.2) is 4.79 Å². The number of carbonyl (C=O) groups excluding carboxylic acids is 2. The van der Waals surface area contributed by atoms with Crippen molar-refractivity contribution in [2.24, 2.45) is 0 Å². The summed E-state index contributed by atoms with van der Waals surface area (Å²) in [5, 5.41) is 3.21. The van der Waals surface area contributed by atoms with Crippen LogP contribution in [0.2, 0.25) is 5.02 Å². The van der Waals surface area contributed by atoms with Gasteiger partial charge in [0.05, 0.1) is 12.7 Å². The first kappa shape index (κ1) is 17.8. The van der Waals surface area contributed by atoms with Gasteiger partial charge in [-0.05, 0) is 49.7 Å². The van der Waals surface area contributed by atoms with Crippen molar-refractivity contribution >= 4 is 29.2 Å². The smallest absolute Gasteiger partial charge is 0.339 e. The van der Waals surface area contributed by atoms with Crippen LogP contribution in [0.3, 0.4) is 0 Å². The zero-order valence-corrected chi connectivity index (χ0v) is 14.4. The average Bonchev–Trinajstić information content (AvgIpc) is 2.58. The summed E-state index contributed by atoms with van der Waals surface area (Å²) in [5.41, 5.74) is 1.76. The molecule has 1 atom stereocenters. The van der Waals surface area contributed by atoms with Crippen LogP contribution in [0.4, 0.5) is 5.69 Å². The summed E-state index contributed by atoms with van der Waals surface area (Å²) in [7, 11) is 1.51. The number of carbonyl (C=O) groups is 2. The molecular weight excluding hydrogens is 330 g/mol. The molecule has 0 saturated carbocycles. The van der Waals surface area contributed by atoms with E-state index in [2.05, 4.69) is 5.32 Å². The first-order valence-corrected chi connectivity index (χ1v) is 7.70. The molecule has 24 heavy (non-hydrogen) atoms. The van der Waals surface area contributed by atoms with Crippen molar-refractivity contribution in [2.75, 3.05) is 12.4 Å². The van der Waals surface area contributed by atoms with Crippen molar-refractivity contribution in [1.82, 2.24) is 0 Å². The molecule has 0 spiro atoms. The van der Waals surface area contributed by atoms with Gasteiger partial charge in [0.15, 0.2) is 6.10 Å². The maximum absolute atomic E-state index is 12.1. The Morgan fingerprint density at radius 3 is 2.58 bits per heavy atom. The molecule has 1 N–H and O–H groups in total. The lowest BCUT2D eigenvalue weighted by Gasteiger charge is -2.14. The maximum Gasteiger partial charge on any atom is 0.339 e. The van der Waals surface area contributed by atoms with Crippen molar-refractivity contribution in [2.45, 2.75) is 20.0 Å². The molecule has 6 heteroatoms. The second kappa shape index (κ2) is 7.84. The highest BCUT2D eigenvalue weighted by molar-refractivity contribution is 6.31. The Morgan fingerprint density at radius 1 is 1.17 bits per heavy atom. The zero-order valence-electron chi connectivity index (χ0n) is 13.6. The molecule has 0 heterocycles. The van der Waals surface area contributed by atoms with Crippen LogP contribution in [0.25, 0.3) is 0 Å². The molecule has 0 aliphatic rings. The van der Waals surface area contributed by atoms with Gasteiger partial charge in [-0.2, -0.15) is 0 Å². The Labute approximate surface area is 145 Å². The lowest BCUT2D eigenvalue weighted by molar-refractivity contribution is -0.123. The van der Waals surface area contributed by atoms with E-state index in [1.165, 1.54) is 14.0 Å². The molecule has 0 fully saturated rings. The molecule has 126 valence electrons. The van der Waals surface area contributed by atoms with Crippen LogP contribution < -0.4 is 10.1 Å². The van der Waals surface area contributed by atoms with Crippen LogP contribution in [0.5, 0.6) is 5.75 Å².